The first-order chi connectivity index (χ1) is 8.06. The van der Waals surface area contributed by atoms with Gasteiger partial charge in [-0.3, -0.25) is 0 Å². The molecule has 2 nitrogen and oxygen atoms in total. The Bertz CT molecular complexity index is 521. The van der Waals surface area contributed by atoms with Crippen molar-refractivity contribution in [3.8, 4) is 0 Å². The van der Waals surface area contributed by atoms with Gasteiger partial charge < -0.3 is 5.32 Å². The van der Waals surface area contributed by atoms with E-state index in [0.717, 1.165) is 5.01 Å². The number of hydrogen-bond donors (Lipinski definition) is 1. The van der Waals surface area contributed by atoms with Gasteiger partial charge in [-0.15, -0.1) is 11.3 Å². The zero-order valence-corrected chi connectivity index (χ0v) is 11.4. The monoisotopic (exact) mass is 310 g/mol. The lowest BCUT2D eigenvalue weighted by atomic mass is 10.3. The van der Waals surface area contributed by atoms with Crippen LogP contribution in [-0.4, -0.2) is 4.98 Å². The Hall–Kier alpha value is -0.550. The molecule has 2 aromatic rings. The molecule has 0 bridgehead atoms. The molecule has 17 heavy (non-hydrogen) atoms. The Balaban J connectivity index is 2.09. The highest BCUT2D eigenvalue weighted by atomic mass is 35.5. The minimum absolute atomic E-state index is 0.0165. The fourth-order valence-corrected chi connectivity index (χ4v) is 2.59. The molecule has 1 aromatic carbocycles. The predicted molar refractivity (Wildman–Crippen MR) is 70.9 cm³/mol. The largest absolute Gasteiger partial charge is 0.378 e. The van der Waals surface area contributed by atoms with Crippen LogP contribution in [0.2, 0.25) is 14.4 Å². The highest BCUT2D eigenvalue weighted by molar-refractivity contribution is 7.15. The van der Waals surface area contributed by atoms with Crippen molar-refractivity contribution in [2.24, 2.45) is 0 Å². The second kappa shape index (κ2) is 5.40. The van der Waals surface area contributed by atoms with Crippen molar-refractivity contribution in [2.45, 2.75) is 6.54 Å². The standard InChI is InChI=1S/C10H6Cl3FN2S/c11-6-1-5(2-7(12)10(6)14)15-4-9-16-3-8(13)17-9/h1-3,15H,4H2. The van der Waals surface area contributed by atoms with Crippen LogP contribution in [0, 0.1) is 5.82 Å². The van der Waals surface area contributed by atoms with Crippen LogP contribution in [0.4, 0.5) is 10.1 Å². The average molecular weight is 312 g/mol. The first-order valence-corrected chi connectivity index (χ1v) is 6.50. The Morgan fingerprint density at radius 1 is 1.24 bits per heavy atom. The molecule has 0 amide bonds. The molecule has 0 unspecified atom stereocenters. The van der Waals surface area contributed by atoms with Crippen LogP contribution in [0.25, 0.3) is 0 Å². The highest BCUT2D eigenvalue weighted by Gasteiger charge is 2.07. The van der Waals surface area contributed by atoms with Crippen LogP contribution in [0.15, 0.2) is 18.3 Å². The van der Waals surface area contributed by atoms with Crippen molar-refractivity contribution < 1.29 is 4.39 Å². The number of rotatable bonds is 3. The molecule has 1 heterocycles. The van der Waals surface area contributed by atoms with Crippen LogP contribution in [0.3, 0.4) is 0 Å². The maximum atomic E-state index is 13.2. The molecule has 0 aliphatic carbocycles. The number of nitrogens with one attached hydrogen (secondary N) is 1. The lowest BCUT2D eigenvalue weighted by molar-refractivity contribution is 0.629. The molecule has 0 fully saturated rings. The molecule has 0 aliphatic heterocycles. The normalized spacial score (nSPS) is 10.6. The number of benzene rings is 1. The van der Waals surface area contributed by atoms with Crippen LogP contribution >= 0.6 is 46.1 Å². The first-order valence-electron chi connectivity index (χ1n) is 4.55. The molecular weight excluding hydrogens is 306 g/mol. The number of aromatic nitrogens is 1. The van der Waals surface area contributed by atoms with Crippen molar-refractivity contribution in [1.82, 2.24) is 4.98 Å². The van der Waals surface area contributed by atoms with Gasteiger partial charge in [0.2, 0.25) is 0 Å². The summed E-state index contributed by atoms with van der Waals surface area (Å²) in [6, 6.07) is 2.94. The van der Waals surface area contributed by atoms with Crippen molar-refractivity contribution in [3.05, 3.63) is 43.5 Å². The van der Waals surface area contributed by atoms with Crippen molar-refractivity contribution >= 4 is 51.8 Å². The maximum absolute atomic E-state index is 13.2. The van der Waals surface area contributed by atoms with Gasteiger partial charge in [0.05, 0.1) is 22.8 Å². The van der Waals surface area contributed by atoms with Gasteiger partial charge in [0.25, 0.3) is 0 Å². The van der Waals surface area contributed by atoms with Gasteiger partial charge in [-0.1, -0.05) is 34.8 Å². The Morgan fingerprint density at radius 3 is 2.41 bits per heavy atom. The highest BCUT2D eigenvalue weighted by Crippen LogP contribution is 2.28. The Morgan fingerprint density at radius 2 is 1.88 bits per heavy atom. The van der Waals surface area contributed by atoms with E-state index in [0.29, 0.717) is 16.6 Å². The van der Waals surface area contributed by atoms with Gasteiger partial charge in [0.1, 0.15) is 9.34 Å². The van der Waals surface area contributed by atoms with Gasteiger partial charge in [-0.2, -0.15) is 0 Å². The van der Waals surface area contributed by atoms with Gasteiger partial charge >= 0.3 is 0 Å². The Labute approximate surface area is 116 Å². The molecule has 0 radical (unpaired) electrons. The van der Waals surface area contributed by atoms with Crippen molar-refractivity contribution in [3.63, 3.8) is 0 Å². The summed E-state index contributed by atoms with van der Waals surface area (Å²) in [5.41, 5.74) is 0.632. The lowest BCUT2D eigenvalue weighted by Crippen LogP contribution is -1.99. The summed E-state index contributed by atoms with van der Waals surface area (Å²) in [6.45, 7) is 0.482. The summed E-state index contributed by atoms with van der Waals surface area (Å²) in [5, 5.41) is 3.83. The molecular formula is C10H6Cl3FN2S. The third-order valence-electron chi connectivity index (χ3n) is 1.95. The van der Waals surface area contributed by atoms with E-state index in [2.05, 4.69) is 10.3 Å². The fourth-order valence-electron chi connectivity index (χ4n) is 1.20. The SMILES string of the molecule is Fc1c(Cl)cc(NCc2ncc(Cl)s2)cc1Cl. The topological polar surface area (TPSA) is 24.9 Å². The van der Waals surface area contributed by atoms with Crippen LogP contribution in [0.5, 0.6) is 0 Å². The third-order valence-corrected chi connectivity index (χ3v) is 3.62. The zero-order valence-electron chi connectivity index (χ0n) is 8.31. The molecule has 0 saturated carbocycles. The second-order valence-electron chi connectivity index (χ2n) is 3.17. The quantitative estimate of drug-likeness (QED) is 0.819. The van der Waals surface area contributed by atoms with Gasteiger partial charge in [0.15, 0.2) is 5.82 Å². The summed E-state index contributed by atoms with van der Waals surface area (Å²) in [5.74, 6) is -0.615. The molecule has 0 saturated heterocycles. The second-order valence-corrected chi connectivity index (χ2v) is 5.73. The number of hydrogen-bond acceptors (Lipinski definition) is 3. The molecule has 1 N–H and O–H groups in total. The van der Waals surface area contributed by atoms with Crippen LogP contribution in [-0.2, 0) is 6.54 Å². The summed E-state index contributed by atoms with van der Waals surface area (Å²) >= 11 is 18.5. The minimum Gasteiger partial charge on any atom is -0.378 e. The average Bonchev–Trinajstić information content (AvgIpc) is 2.69. The first kappa shape index (κ1) is 12.9. The van der Waals surface area contributed by atoms with Gasteiger partial charge in [-0.05, 0) is 12.1 Å². The van der Waals surface area contributed by atoms with E-state index < -0.39 is 5.82 Å². The van der Waals surface area contributed by atoms with E-state index in [1.807, 2.05) is 0 Å². The Kier molecular flexibility index (Phi) is 4.09. The summed E-state index contributed by atoms with van der Waals surface area (Å²) in [6.07, 6.45) is 1.58. The summed E-state index contributed by atoms with van der Waals surface area (Å²) in [4.78, 5) is 4.08. The number of anilines is 1. The predicted octanol–water partition coefficient (Wildman–Crippen LogP) is 4.85. The van der Waals surface area contributed by atoms with Crippen LogP contribution < -0.4 is 5.32 Å². The smallest absolute Gasteiger partial charge is 0.160 e. The molecule has 7 heteroatoms. The number of halogens is 4. The number of thiazole rings is 1. The van der Waals surface area contributed by atoms with E-state index in [9.17, 15) is 4.39 Å². The van der Waals surface area contributed by atoms with E-state index in [1.54, 1.807) is 6.20 Å². The zero-order chi connectivity index (χ0) is 12.4. The van der Waals surface area contributed by atoms with E-state index in [4.69, 9.17) is 34.8 Å². The molecule has 2 rings (SSSR count). The molecule has 0 aliphatic rings. The molecule has 0 spiro atoms. The fraction of sp³-hybridized carbons (Fsp3) is 0.100. The maximum Gasteiger partial charge on any atom is 0.160 e. The van der Waals surface area contributed by atoms with Crippen LogP contribution in [0.1, 0.15) is 5.01 Å². The van der Waals surface area contributed by atoms with Crippen molar-refractivity contribution in [2.75, 3.05) is 5.32 Å². The summed E-state index contributed by atoms with van der Waals surface area (Å²) < 4.78 is 13.8. The number of nitrogens with zero attached hydrogens (tertiary/aromatic N) is 1. The summed E-state index contributed by atoms with van der Waals surface area (Å²) in [7, 11) is 0. The van der Waals surface area contributed by atoms with Gasteiger partial charge in [-0.25, -0.2) is 9.37 Å². The van der Waals surface area contributed by atoms with E-state index in [-0.39, 0.29) is 10.0 Å². The molecule has 0 atom stereocenters. The molecule has 90 valence electrons. The lowest BCUT2D eigenvalue weighted by Gasteiger charge is -2.06. The van der Waals surface area contributed by atoms with E-state index in [1.165, 1.54) is 23.5 Å². The van der Waals surface area contributed by atoms with Crippen molar-refractivity contribution in [1.29, 1.82) is 0 Å². The third kappa shape index (κ3) is 3.22. The van der Waals surface area contributed by atoms with Gasteiger partial charge in [0, 0.05) is 5.69 Å². The van der Waals surface area contributed by atoms with E-state index >= 15 is 0 Å². The molecule has 1 aromatic heterocycles. The minimum atomic E-state index is -0.615.